The number of benzene rings is 4. The van der Waals surface area contributed by atoms with E-state index < -0.39 is 15.6 Å². The molecule has 0 spiro atoms. The molecule has 42 heavy (non-hydrogen) atoms. The first-order valence-electron chi connectivity index (χ1n) is 13.6. The Balaban J connectivity index is 1.25. The van der Waals surface area contributed by atoms with Gasteiger partial charge in [-0.05, 0) is 79.8 Å². The summed E-state index contributed by atoms with van der Waals surface area (Å²) in [4.78, 5) is 12.9. The maximum atomic E-state index is 13.1. The zero-order valence-electron chi connectivity index (χ0n) is 23.7. The van der Waals surface area contributed by atoms with Gasteiger partial charge in [-0.1, -0.05) is 71.9 Å². The number of Topliss-reactive ketones (excluding diaryl/α,β-unsaturated/α-hetero) is 1. The summed E-state index contributed by atoms with van der Waals surface area (Å²) in [6, 6.07) is 29.5. The van der Waals surface area contributed by atoms with Crippen molar-refractivity contribution >= 4 is 27.0 Å². The molecule has 212 valence electrons. The fraction of sp³-hybridized carbons (Fsp3) is 0.176. The lowest BCUT2D eigenvalue weighted by molar-refractivity contribution is -0.116. The minimum Gasteiger partial charge on any atom is -0.360 e. The van der Waals surface area contributed by atoms with Crippen molar-refractivity contribution in [3.63, 3.8) is 0 Å². The van der Waals surface area contributed by atoms with Gasteiger partial charge in [0.2, 0.25) is 0 Å². The Hall–Kier alpha value is -4.69. The van der Waals surface area contributed by atoms with E-state index in [1.54, 1.807) is 12.1 Å². The molecule has 1 heterocycles. The number of carbonyl (C=O) groups is 1. The molecular weight excluding hydrogens is 546 g/mol. The molecule has 0 saturated heterocycles. The van der Waals surface area contributed by atoms with Gasteiger partial charge >= 0.3 is 0 Å². The molecule has 5 rings (SSSR count). The molecule has 0 fully saturated rings. The van der Waals surface area contributed by atoms with E-state index in [1.807, 2.05) is 93.6 Å². The highest BCUT2D eigenvalue weighted by atomic mass is 32.2. The molecular formula is C34H31N3O4S. The van der Waals surface area contributed by atoms with E-state index in [2.05, 4.69) is 15.4 Å². The smallest absolute Gasteiger partial charge is 0.185 e. The largest absolute Gasteiger partial charge is 0.360 e. The fourth-order valence-corrected chi connectivity index (χ4v) is 5.98. The Kier molecular flexibility index (Phi) is 8.54. The van der Waals surface area contributed by atoms with Crippen LogP contribution >= 0.6 is 0 Å². The average Bonchev–Trinajstić information content (AvgIpc) is 3.38. The molecule has 0 aliphatic carbocycles. The predicted molar refractivity (Wildman–Crippen MR) is 164 cm³/mol. The monoisotopic (exact) mass is 577 g/mol. The lowest BCUT2D eigenvalue weighted by Crippen LogP contribution is -2.16. The molecule has 0 aliphatic rings. The Bertz CT molecular complexity index is 1860. The number of ketones is 1. The maximum absolute atomic E-state index is 13.1. The number of carbonyl (C=O) groups excluding carboxylic acids is 1. The van der Waals surface area contributed by atoms with Crippen molar-refractivity contribution < 1.29 is 17.7 Å². The minimum atomic E-state index is -3.82. The summed E-state index contributed by atoms with van der Waals surface area (Å²) >= 11 is 0. The molecule has 0 aliphatic heterocycles. The second-order valence-electron chi connectivity index (χ2n) is 10.2. The third kappa shape index (κ3) is 6.61. The summed E-state index contributed by atoms with van der Waals surface area (Å²) < 4.78 is 31.6. The first-order chi connectivity index (χ1) is 20.2. The third-order valence-electron chi connectivity index (χ3n) is 7.19. The molecule has 1 aromatic heterocycles. The van der Waals surface area contributed by atoms with Crippen LogP contribution in [0.25, 0.3) is 22.4 Å². The van der Waals surface area contributed by atoms with Crippen molar-refractivity contribution in [3.05, 3.63) is 120 Å². The van der Waals surface area contributed by atoms with Crippen molar-refractivity contribution in [2.45, 2.75) is 38.5 Å². The molecule has 4 aromatic carbocycles. The lowest BCUT2D eigenvalue weighted by atomic mass is 10.00. The first kappa shape index (κ1) is 28.8. The van der Waals surface area contributed by atoms with Crippen LogP contribution in [0.1, 0.15) is 28.9 Å². The van der Waals surface area contributed by atoms with Crippen LogP contribution in [0.5, 0.6) is 0 Å². The Morgan fingerprint density at radius 2 is 1.50 bits per heavy atom. The van der Waals surface area contributed by atoms with Crippen LogP contribution in [-0.4, -0.2) is 25.1 Å². The van der Waals surface area contributed by atoms with Crippen molar-refractivity contribution in [1.29, 1.82) is 0 Å². The van der Waals surface area contributed by atoms with Crippen molar-refractivity contribution in [1.82, 2.24) is 5.16 Å². The van der Waals surface area contributed by atoms with Crippen LogP contribution in [0.2, 0.25) is 0 Å². The number of hydrogen-bond donors (Lipinski definition) is 0. The molecule has 5 aromatic rings. The van der Waals surface area contributed by atoms with E-state index >= 15 is 0 Å². The number of aromatic nitrogens is 1. The molecule has 7 nitrogen and oxygen atoms in total. The van der Waals surface area contributed by atoms with E-state index in [1.165, 1.54) is 17.7 Å². The van der Waals surface area contributed by atoms with E-state index in [9.17, 15) is 13.2 Å². The zero-order chi connectivity index (χ0) is 29.7. The number of aryl methyl sites for hydroxylation is 4. The molecule has 0 saturated carbocycles. The zero-order valence-corrected chi connectivity index (χ0v) is 24.6. The van der Waals surface area contributed by atoms with Crippen LogP contribution in [0.3, 0.4) is 0 Å². The fourth-order valence-electron chi connectivity index (χ4n) is 4.69. The summed E-state index contributed by atoms with van der Waals surface area (Å²) in [5.41, 5.74) is 7.72. The highest BCUT2D eigenvalue weighted by molar-refractivity contribution is 7.92. The number of hydrogen-bond acceptors (Lipinski definition) is 7. The lowest BCUT2D eigenvalue weighted by Gasteiger charge is -2.08. The standard InChI is InChI=1S/C34H31N3O4S/c1-23-13-17-29(21-24(23)2)35-36-32-12-8-7-9-26(32)14-18-30(38)22-42(39,40)31-19-15-27(16-20-31)33-25(3)41-37-34(33)28-10-5-4-6-11-28/h4-13,15-17,19-21H,14,18,22H2,1-3H3. The second kappa shape index (κ2) is 12.4. The van der Waals surface area contributed by atoms with Gasteiger partial charge in [0.15, 0.2) is 9.84 Å². The van der Waals surface area contributed by atoms with Crippen molar-refractivity contribution in [2.24, 2.45) is 10.2 Å². The van der Waals surface area contributed by atoms with E-state index in [-0.39, 0.29) is 17.1 Å². The first-order valence-corrected chi connectivity index (χ1v) is 15.3. The van der Waals surface area contributed by atoms with E-state index in [4.69, 9.17) is 4.52 Å². The third-order valence-corrected chi connectivity index (χ3v) is 8.88. The Labute approximate surface area is 245 Å². The molecule has 0 atom stereocenters. The second-order valence-corrected chi connectivity index (χ2v) is 12.2. The molecule has 0 amide bonds. The van der Waals surface area contributed by atoms with Crippen molar-refractivity contribution in [2.75, 3.05) is 5.75 Å². The highest BCUT2D eigenvalue weighted by Gasteiger charge is 2.21. The van der Waals surface area contributed by atoms with Crippen molar-refractivity contribution in [3.8, 4) is 22.4 Å². The van der Waals surface area contributed by atoms with Crippen LogP contribution in [-0.2, 0) is 21.1 Å². The van der Waals surface area contributed by atoms with Gasteiger partial charge in [0.1, 0.15) is 23.0 Å². The number of nitrogens with zero attached hydrogens (tertiary/aromatic N) is 3. The normalized spacial score (nSPS) is 11.7. The van der Waals surface area contributed by atoms with Crippen LogP contribution < -0.4 is 0 Å². The van der Waals surface area contributed by atoms with Gasteiger partial charge in [-0.3, -0.25) is 4.79 Å². The average molecular weight is 578 g/mol. The summed E-state index contributed by atoms with van der Waals surface area (Å²) in [7, 11) is -3.82. The topological polar surface area (TPSA) is 102 Å². The number of sulfone groups is 1. The predicted octanol–water partition coefficient (Wildman–Crippen LogP) is 8.32. The van der Waals surface area contributed by atoms with Gasteiger partial charge in [-0.25, -0.2) is 8.42 Å². The summed E-state index contributed by atoms with van der Waals surface area (Å²) in [6.45, 7) is 5.89. The van der Waals surface area contributed by atoms with Gasteiger partial charge in [-0.15, -0.1) is 0 Å². The molecule has 0 unspecified atom stereocenters. The van der Waals surface area contributed by atoms with Crippen LogP contribution in [0.4, 0.5) is 11.4 Å². The minimum absolute atomic E-state index is 0.0772. The summed E-state index contributed by atoms with van der Waals surface area (Å²) in [6.07, 6.45) is 0.443. The number of rotatable bonds is 10. The van der Waals surface area contributed by atoms with Gasteiger partial charge in [0.25, 0.3) is 0 Å². The van der Waals surface area contributed by atoms with Crippen LogP contribution in [0, 0.1) is 20.8 Å². The van der Waals surface area contributed by atoms with Crippen LogP contribution in [0.15, 0.2) is 117 Å². The van der Waals surface area contributed by atoms with E-state index in [0.717, 1.165) is 33.5 Å². The molecule has 0 N–H and O–H groups in total. The molecule has 0 radical (unpaired) electrons. The van der Waals surface area contributed by atoms with Gasteiger partial charge < -0.3 is 4.52 Å². The highest BCUT2D eigenvalue weighted by Crippen LogP contribution is 2.34. The SMILES string of the molecule is Cc1ccc(N=Nc2ccccc2CCC(=O)CS(=O)(=O)c2ccc(-c3c(-c4ccccc4)noc3C)cc2)cc1C. The number of azo groups is 1. The molecule has 8 heteroatoms. The Morgan fingerprint density at radius 1 is 0.786 bits per heavy atom. The summed E-state index contributed by atoms with van der Waals surface area (Å²) in [5, 5.41) is 13.0. The quantitative estimate of drug-likeness (QED) is 0.155. The molecule has 0 bridgehead atoms. The Morgan fingerprint density at radius 3 is 2.24 bits per heavy atom. The van der Waals surface area contributed by atoms with Gasteiger partial charge in [0, 0.05) is 12.0 Å². The summed E-state index contributed by atoms with van der Waals surface area (Å²) in [5.74, 6) is -0.296. The maximum Gasteiger partial charge on any atom is 0.185 e. The van der Waals surface area contributed by atoms with E-state index in [0.29, 0.717) is 23.6 Å². The van der Waals surface area contributed by atoms with Gasteiger partial charge in [-0.2, -0.15) is 10.2 Å². The van der Waals surface area contributed by atoms with Gasteiger partial charge in [0.05, 0.1) is 21.8 Å².